The lowest BCUT2D eigenvalue weighted by molar-refractivity contribution is 0.0697. The fraction of sp³-hybridized carbons (Fsp3) is 0.364. The first-order chi connectivity index (χ1) is 9.27. The molecule has 0 atom stereocenters. The van der Waals surface area contributed by atoms with Gasteiger partial charge in [0.2, 0.25) is 0 Å². The van der Waals surface area contributed by atoms with Crippen LogP contribution >= 0.6 is 15.9 Å². The molecule has 1 aliphatic heterocycles. The zero-order valence-electron chi connectivity index (χ0n) is 10.4. The van der Waals surface area contributed by atoms with E-state index in [-0.39, 0.29) is 37.6 Å². The third-order valence-corrected chi connectivity index (χ3v) is 4.54. The van der Waals surface area contributed by atoms with Crippen molar-refractivity contribution < 1.29 is 17.6 Å². The fourth-order valence-corrected chi connectivity index (χ4v) is 3.14. The number of rotatable bonds is 2. The largest absolute Gasteiger partial charge is 0.336 e. The van der Waals surface area contributed by atoms with Crippen LogP contribution in [0.3, 0.4) is 0 Å². The molecule has 1 fully saturated rings. The van der Waals surface area contributed by atoms with E-state index in [2.05, 4.69) is 15.9 Å². The van der Waals surface area contributed by atoms with Crippen LogP contribution in [0.5, 0.6) is 0 Å². The van der Waals surface area contributed by atoms with E-state index in [1.165, 1.54) is 17.0 Å². The van der Waals surface area contributed by atoms with E-state index in [0.717, 1.165) is 10.4 Å². The van der Waals surface area contributed by atoms with Crippen LogP contribution < -0.4 is 5.14 Å². The maximum Gasteiger partial charge on any atom is 0.277 e. The molecule has 1 heterocycles. The smallest absolute Gasteiger partial charge is 0.277 e. The Labute approximate surface area is 124 Å². The molecular weight excluding hydrogens is 353 g/mol. The van der Waals surface area contributed by atoms with Crippen molar-refractivity contribution in [2.45, 2.75) is 0 Å². The Hall–Kier alpha value is -1.03. The average molecular weight is 366 g/mol. The summed E-state index contributed by atoms with van der Waals surface area (Å²) in [5, 5.41) is 5.02. The average Bonchev–Trinajstić information content (AvgIpc) is 2.36. The number of nitrogens with zero attached hydrogens (tertiary/aromatic N) is 2. The first-order valence-electron chi connectivity index (χ1n) is 5.80. The number of hydrogen-bond donors (Lipinski definition) is 1. The molecule has 0 radical (unpaired) electrons. The van der Waals surface area contributed by atoms with Gasteiger partial charge in [-0.2, -0.15) is 12.7 Å². The second-order valence-corrected chi connectivity index (χ2v) is 6.86. The second-order valence-electron chi connectivity index (χ2n) is 4.39. The number of hydrogen-bond acceptors (Lipinski definition) is 3. The first kappa shape index (κ1) is 15.4. The molecule has 0 bridgehead atoms. The minimum Gasteiger partial charge on any atom is -0.336 e. The summed E-state index contributed by atoms with van der Waals surface area (Å²) in [6.07, 6.45) is 0. The molecule has 0 aliphatic carbocycles. The second kappa shape index (κ2) is 5.76. The van der Waals surface area contributed by atoms with Crippen molar-refractivity contribution in [1.82, 2.24) is 9.21 Å². The van der Waals surface area contributed by atoms with Gasteiger partial charge >= 0.3 is 0 Å². The molecule has 0 unspecified atom stereocenters. The highest BCUT2D eigenvalue weighted by Crippen LogP contribution is 2.17. The highest BCUT2D eigenvalue weighted by atomic mass is 79.9. The lowest BCUT2D eigenvalue weighted by Crippen LogP contribution is -2.52. The van der Waals surface area contributed by atoms with Crippen molar-refractivity contribution in [3.05, 3.63) is 34.1 Å². The van der Waals surface area contributed by atoms with Gasteiger partial charge < -0.3 is 4.90 Å². The van der Waals surface area contributed by atoms with Crippen LogP contribution in [-0.4, -0.2) is 49.7 Å². The molecule has 1 amide bonds. The van der Waals surface area contributed by atoms with E-state index in [1.54, 1.807) is 0 Å². The van der Waals surface area contributed by atoms with Crippen molar-refractivity contribution in [1.29, 1.82) is 0 Å². The van der Waals surface area contributed by atoms with Gasteiger partial charge in [-0.05, 0) is 18.2 Å². The summed E-state index contributed by atoms with van der Waals surface area (Å²) in [5.41, 5.74) is 0.223. The SMILES string of the molecule is NS(=O)(=O)N1CCN(C(=O)c2cc(F)cc(Br)c2)CC1. The molecule has 0 saturated carbocycles. The predicted molar refractivity (Wildman–Crippen MR) is 74.7 cm³/mol. The van der Waals surface area contributed by atoms with Crippen LogP contribution in [0.15, 0.2) is 22.7 Å². The van der Waals surface area contributed by atoms with Crippen molar-refractivity contribution >= 4 is 32.0 Å². The molecule has 110 valence electrons. The molecule has 1 aromatic rings. The zero-order valence-corrected chi connectivity index (χ0v) is 12.8. The topological polar surface area (TPSA) is 83.7 Å². The van der Waals surface area contributed by atoms with E-state index < -0.39 is 16.0 Å². The van der Waals surface area contributed by atoms with E-state index in [0.29, 0.717) is 4.47 Å². The lowest BCUT2D eigenvalue weighted by Gasteiger charge is -2.33. The number of amides is 1. The quantitative estimate of drug-likeness (QED) is 0.830. The van der Waals surface area contributed by atoms with Crippen molar-refractivity contribution in [2.24, 2.45) is 5.14 Å². The Morgan fingerprint density at radius 2 is 1.80 bits per heavy atom. The van der Waals surface area contributed by atoms with Gasteiger partial charge in [0.1, 0.15) is 5.82 Å². The molecule has 2 rings (SSSR count). The van der Waals surface area contributed by atoms with Crippen molar-refractivity contribution in [3.63, 3.8) is 0 Å². The van der Waals surface area contributed by atoms with Gasteiger partial charge in [-0.1, -0.05) is 15.9 Å². The van der Waals surface area contributed by atoms with E-state index in [9.17, 15) is 17.6 Å². The summed E-state index contributed by atoms with van der Waals surface area (Å²) < 4.78 is 37.2. The number of nitrogens with two attached hydrogens (primary N) is 1. The van der Waals surface area contributed by atoms with Crippen molar-refractivity contribution in [3.8, 4) is 0 Å². The first-order valence-corrected chi connectivity index (χ1v) is 8.10. The van der Waals surface area contributed by atoms with E-state index >= 15 is 0 Å². The van der Waals surface area contributed by atoms with Gasteiger partial charge in [-0.15, -0.1) is 0 Å². The van der Waals surface area contributed by atoms with E-state index in [4.69, 9.17) is 5.14 Å². The predicted octanol–water partition coefficient (Wildman–Crippen LogP) is 0.550. The fourth-order valence-electron chi connectivity index (χ4n) is 2.01. The van der Waals surface area contributed by atoms with E-state index in [1.807, 2.05) is 0 Å². The molecule has 1 saturated heterocycles. The summed E-state index contributed by atoms with van der Waals surface area (Å²) in [7, 11) is -3.73. The number of halogens is 2. The molecular formula is C11H13BrFN3O3S. The lowest BCUT2D eigenvalue weighted by atomic mass is 10.2. The molecule has 1 aliphatic rings. The van der Waals surface area contributed by atoms with Crippen LogP contribution in [0, 0.1) is 5.82 Å². The van der Waals surface area contributed by atoms with Crippen LogP contribution in [0.2, 0.25) is 0 Å². The Kier molecular flexibility index (Phi) is 4.43. The normalized spacial score (nSPS) is 17.2. The minimum atomic E-state index is -3.73. The van der Waals surface area contributed by atoms with Crippen molar-refractivity contribution in [2.75, 3.05) is 26.2 Å². The third kappa shape index (κ3) is 3.54. The number of carbonyl (C=O) groups is 1. The highest BCUT2D eigenvalue weighted by molar-refractivity contribution is 9.10. The zero-order chi connectivity index (χ0) is 14.9. The molecule has 2 N–H and O–H groups in total. The molecule has 20 heavy (non-hydrogen) atoms. The molecule has 9 heteroatoms. The highest BCUT2D eigenvalue weighted by Gasteiger charge is 2.27. The Balaban J connectivity index is 2.09. The maximum atomic E-state index is 13.3. The Bertz CT molecular complexity index is 610. The summed E-state index contributed by atoms with van der Waals surface area (Å²) in [5.74, 6) is -0.842. The Morgan fingerprint density at radius 3 is 2.30 bits per heavy atom. The van der Waals surface area contributed by atoms with Gasteiger partial charge in [0.25, 0.3) is 16.1 Å². The van der Waals surface area contributed by atoms with Gasteiger partial charge in [-0.25, -0.2) is 9.53 Å². The summed E-state index contributed by atoms with van der Waals surface area (Å²) in [6, 6.07) is 3.94. The number of piperazine rings is 1. The summed E-state index contributed by atoms with van der Waals surface area (Å²) in [4.78, 5) is 13.7. The number of carbonyl (C=O) groups excluding carboxylic acids is 1. The molecule has 0 spiro atoms. The monoisotopic (exact) mass is 365 g/mol. The van der Waals surface area contributed by atoms with Gasteiger partial charge in [0, 0.05) is 36.2 Å². The van der Waals surface area contributed by atoms with Gasteiger partial charge in [0.15, 0.2) is 0 Å². The van der Waals surface area contributed by atoms with Crippen LogP contribution in [-0.2, 0) is 10.2 Å². The van der Waals surface area contributed by atoms with Gasteiger partial charge in [-0.3, -0.25) is 4.79 Å². The van der Waals surface area contributed by atoms with Crippen LogP contribution in [0.25, 0.3) is 0 Å². The van der Waals surface area contributed by atoms with Crippen LogP contribution in [0.4, 0.5) is 4.39 Å². The summed E-state index contributed by atoms with van der Waals surface area (Å²) in [6.45, 7) is 0.731. The number of benzene rings is 1. The minimum absolute atomic E-state index is 0.140. The molecule has 6 nitrogen and oxygen atoms in total. The standard InChI is InChI=1S/C11H13BrFN3O3S/c12-9-5-8(6-10(13)7-9)11(17)15-1-3-16(4-2-15)20(14,18)19/h5-7H,1-4H2,(H2,14,18,19). The molecule has 0 aromatic heterocycles. The summed E-state index contributed by atoms with van der Waals surface area (Å²) >= 11 is 3.13. The Morgan fingerprint density at radius 1 is 1.20 bits per heavy atom. The van der Waals surface area contributed by atoms with Gasteiger partial charge in [0.05, 0.1) is 0 Å². The maximum absolute atomic E-state index is 13.3. The van der Waals surface area contributed by atoms with Crippen LogP contribution in [0.1, 0.15) is 10.4 Å². The third-order valence-electron chi connectivity index (χ3n) is 3.00. The molecule has 1 aromatic carbocycles.